The van der Waals surface area contributed by atoms with E-state index in [-0.39, 0.29) is 24.0 Å². The van der Waals surface area contributed by atoms with E-state index in [1.807, 2.05) is 28.8 Å². The van der Waals surface area contributed by atoms with Gasteiger partial charge in [-0.3, -0.25) is 14.3 Å². The summed E-state index contributed by atoms with van der Waals surface area (Å²) in [5.41, 5.74) is 0.849. The Hall–Kier alpha value is -1.42. The molecule has 0 bridgehead atoms. The molecule has 0 amide bonds. The van der Waals surface area contributed by atoms with Crippen molar-refractivity contribution in [3.8, 4) is 0 Å². The van der Waals surface area contributed by atoms with Crippen molar-refractivity contribution in [1.29, 1.82) is 0 Å². The molecule has 0 fully saturated rings. The van der Waals surface area contributed by atoms with Gasteiger partial charge in [0.25, 0.3) is 0 Å². The van der Waals surface area contributed by atoms with Crippen LogP contribution in [0.5, 0.6) is 0 Å². The summed E-state index contributed by atoms with van der Waals surface area (Å²) in [4.78, 5) is 6.72. The van der Waals surface area contributed by atoms with Gasteiger partial charge in [0.1, 0.15) is 0 Å². The molecule has 0 radical (unpaired) electrons. The maximum atomic E-state index is 4.27. The zero-order valence-corrected chi connectivity index (χ0v) is 18.1. The largest absolute Gasteiger partial charge is 0.355 e. The second-order valence-electron chi connectivity index (χ2n) is 6.32. The van der Waals surface area contributed by atoms with Crippen LogP contribution in [0.1, 0.15) is 33.5 Å². The van der Waals surface area contributed by atoms with Gasteiger partial charge in [-0.05, 0) is 39.8 Å². The van der Waals surface area contributed by atoms with E-state index in [2.05, 4.69) is 58.4 Å². The Morgan fingerprint density at radius 3 is 2.52 bits per heavy atom. The molecule has 0 unspecified atom stereocenters. The van der Waals surface area contributed by atoms with Gasteiger partial charge >= 0.3 is 0 Å². The molecule has 140 valence electrons. The first-order valence-corrected chi connectivity index (χ1v) is 8.51. The predicted molar refractivity (Wildman–Crippen MR) is 114 cm³/mol. The van der Waals surface area contributed by atoms with Crippen molar-refractivity contribution >= 4 is 35.6 Å². The Kier molecular flexibility index (Phi) is 9.12. The van der Waals surface area contributed by atoms with Crippen LogP contribution in [0.15, 0.2) is 29.4 Å². The number of nitrogens with one attached hydrogen (secondary N) is 2. The van der Waals surface area contributed by atoms with Crippen molar-refractivity contribution in [2.45, 2.75) is 46.3 Å². The van der Waals surface area contributed by atoms with Crippen LogP contribution in [0.3, 0.4) is 0 Å². The molecular weight excluding hydrogens is 429 g/mol. The lowest BCUT2D eigenvalue weighted by Crippen LogP contribution is -2.45. The monoisotopic (exact) mass is 459 g/mol. The molecule has 0 saturated heterocycles. The van der Waals surface area contributed by atoms with Crippen LogP contribution < -0.4 is 10.6 Å². The first kappa shape index (κ1) is 21.6. The van der Waals surface area contributed by atoms with E-state index < -0.39 is 0 Å². The number of aromatic nitrogens is 3. The maximum Gasteiger partial charge on any atom is 0.191 e. The van der Waals surface area contributed by atoms with E-state index in [0.717, 1.165) is 30.5 Å². The van der Waals surface area contributed by atoms with Crippen LogP contribution in [0.4, 0.5) is 0 Å². The van der Waals surface area contributed by atoms with Gasteiger partial charge in [0.05, 0.1) is 6.54 Å². The normalized spacial score (nSPS) is 12.1. The third-order valence-electron chi connectivity index (χ3n) is 4.01. The highest BCUT2D eigenvalue weighted by atomic mass is 127. The first-order valence-electron chi connectivity index (χ1n) is 8.51. The fourth-order valence-electron chi connectivity index (χ4n) is 2.81. The molecule has 2 heterocycles. The number of nitrogens with zero attached hydrogens (tertiary/aromatic N) is 5. The number of hydrogen-bond acceptors (Lipinski definition) is 4. The smallest absolute Gasteiger partial charge is 0.191 e. The molecule has 25 heavy (non-hydrogen) atoms. The van der Waals surface area contributed by atoms with Crippen LogP contribution in [-0.2, 0) is 6.54 Å². The average molecular weight is 459 g/mol. The van der Waals surface area contributed by atoms with E-state index >= 15 is 0 Å². The second-order valence-corrected chi connectivity index (χ2v) is 6.32. The summed E-state index contributed by atoms with van der Waals surface area (Å²) in [6.45, 7) is 11.3. The van der Waals surface area contributed by atoms with Gasteiger partial charge in [-0.15, -0.1) is 34.2 Å². The molecule has 2 N–H and O–H groups in total. The first-order chi connectivity index (χ1) is 11.5. The van der Waals surface area contributed by atoms with Gasteiger partial charge in [0.15, 0.2) is 17.4 Å². The van der Waals surface area contributed by atoms with Crippen molar-refractivity contribution in [2.24, 2.45) is 4.99 Å². The minimum absolute atomic E-state index is 0. The molecule has 0 saturated carbocycles. The molecule has 0 spiro atoms. The zero-order chi connectivity index (χ0) is 17.5. The molecule has 8 heteroatoms. The molecule has 2 aromatic rings. The number of hydrogen-bond donors (Lipinski definition) is 2. The standard InChI is InChI=1S/C17H29N7.HI/c1-13(2)23(14(3)4)11-9-19-17(18-5)20-12-16-22-21-15-8-6-7-10-24(15)16;/h6-8,10,13-14H,9,11-12H2,1-5H3,(H2,18,19,20);1H. The van der Waals surface area contributed by atoms with Crippen molar-refractivity contribution < 1.29 is 0 Å². The Morgan fingerprint density at radius 2 is 1.88 bits per heavy atom. The minimum Gasteiger partial charge on any atom is -0.355 e. The van der Waals surface area contributed by atoms with Crippen LogP contribution in [0.2, 0.25) is 0 Å². The number of halogens is 1. The van der Waals surface area contributed by atoms with Crippen LogP contribution in [0, 0.1) is 0 Å². The molecule has 0 aliphatic rings. The van der Waals surface area contributed by atoms with Gasteiger partial charge in [-0.2, -0.15) is 0 Å². The van der Waals surface area contributed by atoms with Crippen molar-refractivity contribution in [3.05, 3.63) is 30.2 Å². The minimum atomic E-state index is 0. The summed E-state index contributed by atoms with van der Waals surface area (Å²) in [7, 11) is 1.78. The quantitative estimate of drug-likeness (QED) is 0.377. The van der Waals surface area contributed by atoms with E-state index in [1.54, 1.807) is 7.05 Å². The van der Waals surface area contributed by atoms with Crippen LogP contribution >= 0.6 is 24.0 Å². The number of fused-ring (bicyclic) bond motifs is 1. The summed E-state index contributed by atoms with van der Waals surface area (Å²) in [6.07, 6.45) is 1.96. The summed E-state index contributed by atoms with van der Waals surface area (Å²) in [5.74, 6) is 1.63. The Balaban J connectivity index is 0.00000312. The van der Waals surface area contributed by atoms with E-state index in [4.69, 9.17) is 0 Å². The number of guanidine groups is 1. The lowest BCUT2D eigenvalue weighted by molar-refractivity contribution is 0.178. The fourth-order valence-corrected chi connectivity index (χ4v) is 2.81. The number of pyridine rings is 1. The molecular formula is C17H30IN7. The number of rotatable bonds is 7. The number of aliphatic imine (C=N–C) groups is 1. The highest BCUT2D eigenvalue weighted by Crippen LogP contribution is 2.04. The van der Waals surface area contributed by atoms with Crippen molar-refractivity contribution in [3.63, 3.8) is 0 Å². The topological polar surface area (TPSA) is 69.8 Å². The predicted octanol–water partition coefficient (Wildman–Crippen LogP) is 2.13. The van der Waals surface area contributed by atoms with Crippen LogP contribution in [0.25, 0.3) is 5.65 Å². The third kappa shape index (κ3) is 6.10. The highest BCUT2D eigenvalue weighted by Gasteiger charge is 2.12. The maximum absolute atomic E-state index is 4.27. The fraction of sp³-hybridized carbons (Fsp3) is 0.588. The van der Waals surface area contributed by atoms with Gasteiger partial charge in [-0.25, -0.2) is 0 Å². The van der Waals surface area contributed by atoms with Gasteiger partial charge < -0.3 is 10.6 Å². The summed E-state index contributed by atoms with van der Waals surface area (Å²) in [5, 5.41) is 15.0. The SMILES string of the molecule is CN=C(NCCN(C(C)C)C(C)C)NCc1nnc2ccccn12.I. The van der Waals surface area contributed by atoms with Crippen molar-refractivity contribution in [2.75, 3.05) is 20.1 Å². The summed E-state index contributed by atoms with van der Waals surface area (Å²) in [6, 6.07) is 6.93. The molecule has 0 atom stereocenters. The zero-order valence-electron chi connectivity index (χ0n) is 15.7. The second kappa shape index (κ2) is 10.5. The average Bonchev–Trinajstić information content (AvgIpc) is 2.96. The van der Waals surface area contributed by atoms with Crippen molar-refractivity contribution in [1.82, 2.24) is 30.1 Å². The molecule has 0 aliphatic heterocycles. The Labute approximate surface area is 167 Å². The van der Waals surface area contributed by atoms with E-state index in [1.165, 1.54) is 0 Å². The molecule has 7 nitrogen and oxygen atoms in total. The molecule has 2 aromatic heterocycles. The summed E-state index contributed by atoms with van der Waals surface area (Å²) < 4.78 is 1.97. The van der Waals surface area contributed by atoms with Crippen LogP contribution in [-0.4, -0.2) is 57.7 Å². The third-order valence-corrected chi connectivity index (χ3v) is 4.01. The van der Waals surface area contributed by atoms with Gasteiger partial charge in [0.2, 0.25) is 0 Å². The van der Waals surface area contributed by atoms with E-state index in [9.17, 15) is 0 Å². The van der Waals surface area contributed by atoms with E-state index in [0.29, 0.717) is 18.6 Å². The van der Waals surface area contributed by atoms with Gasteiger partial charge in [0, 0.05) is 38.4 Å². The highest BCUT2D eigenvalue weighted by molar-refractivity contribution is 14.0. The van der Waals surface area contributed by atoms with Gasteiger partial charge in [-0.1, -0.05) is 6.07 Å². The Bertz CT molecular complexity index is 658. The lowest BCUT2D eigenvalue weighted by Gasteiger charge is -2.30. The lowest BCUT2D eigenvalue weighted by atomic mass is 10.2. The summed E-state index contributed by atoms with van der Waals surface area (Å²) >= 11 is 0. The Morgan fingerprint density at radius 1 is 1.16 bits per heavy atom. The molecule has 0 aromatic carbocycles. The molecule has 0 aliphatic carbocycles. The molecule has 2 rings (SSSR count).